The fourth-order valence-corrected chi connectivity index (χ4v) is 3.10. The van der Waals surface area contributed by atoms with Crippen molar-refractivity contribution in [2.45, 2.75) is 24.8 Å². The number of amides is 1. The van der Waals surface area contributed by atoms with Crippen molar-refractivity contribution in [1.29, 1.82) is 0 Å². The van der Waals surface area contributed by atoms with Crippen molar-refractivity contribution in [2.75, 3.05) is 25.4 Å². The summed E-state index contributed by atoms with van der Waals surface area (Å²) < 4.78 is 35.6. The predicted molar refractivity (Wildman–Crippen MR) is 71.4 cm³/mol. The van der Waals surface area contributed by atoms with Crippen molar-refractivity contribution in [2.24, 2.45) is 11.3 Å². The first-order valence-electron chi connectivity index (χ1n) is 6.12. The van der Waals surface area contributed by atoms with Gasteiger partial charge in [-0.25, -0.2) is 0 Å². The standard InChI is InChI=1S/C11H17F3N2OS.ClH/c12-11(13,14)18-6-5-16-9(17)8-7-10(8)1-3-15-4-2-10;/h8,15H,1-7H2,(H,16,17);1H. The van der Waals surface area contributed by atoms with E-state index in [4.69, 9.17) is 0 Å². The van der Waals surface area contributed by atoms with Gasteiger partial charge in [-0.05, 0) is 49.5 Å². The summed E-state index contributed by atoms with van der Waals surface area (Å²) in [6.07, 6.45) is 2.90. The first-order chi connectivity index (χ1) is 8.43. The van der Waals surface area contributed by atoms with Crippen LogP contribution in [-0.2, 0) is 4.79 Å². The molecule has 1 aliphatic heterocycles. The number of rotatable bonds is 4. The van der Waals surface area contributed by atoms with Crippen LogP contribution in [0.5, 0.6) is 0 Å². The van der Waals surface area contributed by atoms with Crippen LogP contribution in [0, 0.1) is 11.3 Å². The summed E-state index contributed by atoms with van der Waals surface area (Å²) in [6.45, 7) is 1.97. The van der Waals surface area contributed by atoms with E-state index in [0.717, 1.165) is 32.4 Å². The van der Waals surface area contributed by atoms with Gasteiger partial charge >= 0.3 is 5.51 Å². The lowest BCUT2D eigenvalue weighted by molar-refractivity contribution is -0.123. The summed E-state index contributed by atoms with van der Waals surface area (Å²) in [5.74, 6) is -0.161. The summed E-state index contributed by atoms with van der Waals surface area (Å²) in [7, 11) is 0. The van der Waals surface area contributed by atoms with Gasteiger partial charge in [-0.1, -0.05) is 0 Å². The van der Waals surface area contributed by atoms with Crippen molar-refractivity contribution >= 4 is 30.1 Å². The van der Waals surface area contributed by atoms with Gasteiger partial charge in [-0.3, -0.25) is 4.79 Å². The second kappa shape index (κ2) is 6.54. The summed E-state index contributed by atoms with van der Waals surface area (Å²) in [5.41, 5.74) is -4.06. The highest BCUT2D eigenvalue weighted by Crippen LogP contribution is 2.58. The molecule has 0 aromatic heterocycles. The van der Waals surface area contributed by atoms with Crippen LogP contribution in [0.4, 0.5) is 13.2 Å². The lowest BCUT2D eigenvalue weighted by Gasteiger charge is -2.23. The molecule has 3 nitrogen and oxygen atoms in total. The monoisotopic (exact) mass is 318 g/mol. The number of hydrogen-bond donors (Lipinski definition) is 2. The molecule has 2 fully saturated rings. The van der Waals surface area contributed by atoms with Crippen molar-refractivity contribution < 1.29 is 18.0 Å². The lowest BCUT2D eigenvalue weighted by Crippen LogP contribution is -2.34. The number of piperidine rings is 1. The van der Waals surface area contributed by atoms with E-state index in [1.165, 1.54) is 0 Å². The number of hydrogen-bond acceptors (Lipinski definition) is 3. The Morgan fingerprint density at radius 1 is 1.37 bits per heavy atom. The SMILES string of the molecule is Cl.O=C(NCCSC(F)(F)F)C1CC12CCNCC2. The van der Waals surface area contributed by atoms with Crippen molar-refractivity contribution in [3.63, 3.8) is 0 Å². The number of halogens is 4. The average molecular weight is 319 g/mol. The molecule has 0 bridgehead atoms. The Morgan fingerprint density at radius 3 is 2.58 bits per heavy atom. The zero-order valence-corrected chi connectivity index (χ0v) is 12.0. The van der Waals surface area contributed by atoms with Crippen molar-refractivity contribution in [3.8, 4) is 0 Å². The van der Waals surface area contributed by atoms with E-state index in [-0.39, 0.29) is 53.7 Å². The molecule has 0 aromatic carbocycles. The van der Waals surface area contributed by atoms with E-state index in [9.17, 15) is 18.0 Å². The zero-order valence-electron chi connectivity index (χ0n) is 10.4. The Labute approximate surface area is 120 Å². The first-order valence-corrected chi connectivity index (χ1v) is 7.11. The molecule has 1 spiro atoms. The molecule has 19 heavy (non-hydrogen) atoms. The maximum absolute atomic E-state index is 11.9. The predicted octanol–water partition coefficient (Wildman–Crippen LogP) is 2.17. The van der Waals surface area contributed by atoms with Crippen molar-refractivity contribution in [1.82, 2.24) is 10.6 Å². The molecular weight excluding hydrogens is 301 g/mol. The van der Waals surface area contributed by atoms with E-state index in [1.807, 2.05) is 0 Å². The van der Waals surface area contributed by atoms with Gasteiger partial charge in [-0.2, -0.15) is 13.2 Å². The van der Waals surface area contributed by atoms with Gasteiger partial charge in [0.15, 0.2) is 0 Å². The van der Waals surface area contributed by atoms with Gasteiger partial charge in [-0.15, -0.1) is 12.4 Å². The Bertz CT molecular complexity index is 322. The van der Waals surface area contributed by atoms with Crippen LogP contribution in [0.3, 0.4) is 0 Å². The Morgan fingerprint density at radius 2 is 2.00 bits per heavy atom. The van der Waals surface area contributed by atoms with Gasteiger partial charge in [0, 0.05) is 18.2 Å². The molecule has 1 saturated carbocycles. The topological polar surface area (TPSA) is 41.1 Å². The summed E-state index contributed by atoms with van der Waals surface area (Å²) in [4.78, 5) is 11.8. The molecule has 1 atom stereocenters. The molecule has 1 unspecified atom stereocenters. The van der Waals surface area contributed by atoms with Gasteiger partial charge in [0.25, 0.3) is 0 Å². The number of nitrogens with one attached hydrogen (secondary N) is 2. The minimum absolute atomic E-state index is 0. The molecule has 0 radical (unpaired) electrons. The fraction of sp³-hybridized carbons (Fsp3) is 0.909. The van der Waals surface area contributed by atoms with Gasteiger partial charge < -0.3 is 10.6 Å². The number of carbonyl (C=O) groups is 1. The molecule has 0 aromatic rings. The van der Waals surface area contributed by atoms with Crippen LogP contribution in [0.25, 0.3) is 0 Å². The smallest absolute Gasteiger partial charge is 0.355 e. The van der Waals surface area contributed by atoms with Crippen LogP contribution >= 0.6 is 24.2 Å². The summed E-state index contributed by atoms with van der Waals surface area (Å²) in [5, 5.41) is 5.86. The highest BCUT2D eigenvalue weighted by molar-refractivity contribution is 8.00. The molecule has 2 N–H and O–H groups in total. The zero-order chi connectivity index (χ0) is 13.2. The molecule has 112 valence electrons. The second-order valence-corrected chi connectivity index (χ2v) is 6.11. The first kappa shape index (κ1) is 16.9. The van der Waals surface area contributed by atoms with E-state index in [2.05, 4.69) is 10.6 Å². The molecule has 8 heteroatoms. The normalized spacial score (nSPS) is 24.7. The quantitative estimate of drug-likeness (QED) is 0.781. The highest BCUT2D eigenvalue weighted by atomic mass is 35.5. The third-order valence-corrected chi connectivity index (χ3v) is 4.51. The Kier molecular flexibility index (Phi) is 5.82. The fourth-order valence-electron chi connectivity index (χ4n) is 2.66. The number of thioether (sulfide) groups is 1. The average Bonchev–Trinajstić information content (AvgIpc) is 2.98. The van der Waals surface area contributed by atoms with E-state index < -0.39 is 5.51 Å². The minimum Gasteiger partial charge on any atom is -0.355 e. The van der Waals surface area contributed by atoms with E-state index in [0.29, 0.717) is 0 Å². The van der Waals surface area contributed by atoms with E-state index >= 15 is 0 Å². The number of carbonyl (C=O) groups excluding carboxylic acids is 1. The van der Waals surface area contributed by atoms with Crippen LogP contribution in [-0.4, -0.2) is 36.8 Å². The largest absolute Gasteiger partial charge is 0.441 e. The van der Waals surface area contributed by atoms with Crippen LogP contribution in [0.1, 0.15) is 19.3 Å². The Balaban J connectivity index is 0.00000180. The maximum Gasteiger partial charge on any atom is 0.441 e. The third-order valence-electron chi connectivity index (χ3n) is 3.77. The van der Waals surface area contributed by atoms with Crippen LogP contribution < -0.4 is 10.6 Å². The molecule has 1 saturated heterocycles. The third kappa shape index (κ3) is 4.72. The molecular formula is C11H18ClF3N2OS. The van der Waals surface area contributed by atoms with Crippen molar-refractivity contribution in [3.05, 3.63) is 0 Å². The van der Waals surface area contributed by atoms with Gasteiger partial charge in [0.2, 0.25) is 5.91 Å². The second-order valence-electron chi connectivity index (χ2n) is 4.95. The Hall–Kier alpha value is -0.140. The molecule has 1 aliphatic carbocycles. The molecule has 1 heterocycles. The maximum atomic E-state index is 11.9. The minimum atomic E-state index is -4.21. The summed E-state index contributed by atoms with van der Waals surface area (Å²) in [6, 6.07) is 0. The van der Waals surface area contributed by atoms with Gasteiger partial charge in [0.1, 0.15) is 0 Å². The van der Waals surface area contributed by atoms with Crippen LogP contribution in [0.15, 0.2) is 0 Å². The summed E-state index contributed by atoms with van der Waals surface area (Å²) >= 11 is -0.0900. The highest BCUT2D eigenvalue weighted by Gasteiger charge is 2.57. The van der Waals surface area contributed by atoms with E-state index in [1.54, 1.807) is 0 Å². The van der Waals surface area contributed by atoms with Crippen LogP contribution in [0.2, 0.25) is 0 Å². The molecule has 2 rings (SSSR count). The molecule has 2 aliphatic rings. The van der Waals surface area contributed by atoms with Gasteiger partial charge in [0.05, 0.1) is 0 Å². The lowest BCUT2D eigenvalue weighted by atomic mass is 9.92. The molecule has 1 amide bonds. The number of alkyl halides is 3.